The summed E-state index contributed by atoms with van der Waals surface area (Å²) in [7, 11) is -8.76. The monoisotopic (exact) mass is 554 g/mol. The third-order valence-corrected chi connectivity index (χ3v) is 3.95. The van der Waals surface area contributed by atoms with Crippen LogP contribution in [0, 0.1) is 0 Å². The van der Waals surface area contributed by atoms with Crippen molar-refractivity contribution in [1.29, 1.82) is 0 Å². The molecule has 8 nitrogen and oxygen atoms in total. The molecule has 0 aromatic heterocycles. The SMILES string of the molecule is O=S(=O)([O-])c1ccc(O)cc1.O=S(=O)([O-])c1ccc(O)cc1.[Pb+2]. The first kappa shape index (κ1) is 21.8. The van der Waals surface area contributed by atoms with Crippen molar-refractivity contribution in [3.8, 4) is 11.5 Å². The number of hydrogen-bond acceptors (Lipinski definition) is 8. The number of rotatable bonds is 2. The van der Waals surface area contributed by atoms with Gasteiger partial charge in [-0.1, -0.05) is 0 Å². The summed E-state index contributed by atoms with van der Waals surface area (Å²) in [5, 5.41) is 17.5. The van der Waals surface area contributed by atoms with Crippen molar-refractivity contribution in [3.63, 3.8) is 0 Å². The molecule has 0 heterocycles. The summed E-state index contributed by atoms with van der Waals surface area (Å²) in [5.74, 6) is -0.144. The summed E-state index contributed by atoms with van der Waals surface area (Å²) in [6.07, 6.45) is 0. The van der Waals surface area contributed by atoms with Crippen LogP contribution in [0.2, 0.25) is 0 Å². The standard InChI is InChI=1S/2C6H6O4S.Pb/c2*7-5-1-3-6(4-2-5)11(8,9)10;/h2*1-4,7H,(H,8,9,10);/q;;+2/p-2. The van der Waals surface area contributed by atoms with Gasteiger partial charge in [-0.25, -0.2) is 16.8 Å². The van der Waals surface area contributed by atoms with Crippen LogP contribution in [-0.4, -0.2) is 63.5 Å². The first-order chi connectivity index (χ1) is 10.00. The van der Waals surface area contributed by atoms with E-state index in [9.17, 15) is 25.9 Å². The van der Waals surface area contributed by atoms with Crippen molar-refractivity contribution in [2.75, 3.05) is 0 Å². The maximum Gasteiger partial charge on any atom is 2.00 e. The largest absolute Gasteiger partial charge is 2.00 e. The third kappa shape index (κ3) is 7.74. The molecule has 0 aliphatic carbocycles. The van der Waals surface area contributed by atoms with Gasteiger partial charge in [0.15, 0.2) is 0 Å². The zero-order chi connectivity index (χ0) is 17.0. The molecule has 11 heteroatoms. The van der Waals surface area contributed by atoms with E-state index in [2.05, 4.69) is 0 Å². The first-order valence-corrected chi connectivity index (χ1v) is 8.31. The molecule has 0 aliphatic rings. The maximum absolute atomic E-state index is 10.3. The van der Waals surface area contributed by atoms with Gasteiger partial charge in [-0.05, 0) is 48.5 Å². The molecule has 2 radical (unpaired) electrons. The summed E-state index contributed by atoms with van der Waals surface area (Å²) in [6.45, 7) is 0. The summed E-state index contributed by atoms with van der Waals surface area (Å²) < 4.78 is 61.8. The topological polar surface area (TPSA) is 155 Å². The van der Waals surface area contributed by atoms with Crippen LogP contribution in [0.3, 0.4) is 0 Å². The minimum atomic E-state index is -4.38. The van der Waals surface area contributed by atoms with E-state index in [1.165, 1.54) is 0 Å². The van der Waals surface area contributed by atoms with E-state index in [1.807, 2.05) is 0 Å². The van der Waals surface area contributed by atoms with Crippen LogP contribution in [0.25, 0.3) is 0 Å². The van der Waals surface area contributed by atoms with Crippen LogP contribution in [0.5, 0.6) is 11.5 Å². The molecule has 2 aromatic rings. The Hall–Kier alpha value is -1.22. The van der Waals surface area contributed by atoms with Crippen molar-refractivity contribution in [2.24, 2.45) is 0 Å². The molecule has 0 amide bonds. The van der Waals surface area contributed by atoms with E-state index in [0.717, 1.165) is 48.5 Å². The van der Waals surface area contributed by atoms with Gasteiger partial charge in [0.2, 0.25) is 0 Å². The van der Waals surface area contributed by atoms with Gasteiger partial charge in [0, 0.05) is 0 Å². The van der Waals surface area contributed by atoms with Crippen molar-refractivity contribution in [2.45, 2.75) is 9.79 Å². The maximum atomic E-state index is 10.3. The summed E-state index contributed by atoms with van der Waals surface area (Å²) >= 11 is 0. The Morgan fingerprint density at radius 3 is 1.00 bits per heavy atom. The van der Waals surface area contributed by atoms with Gasteiger partial charge in [-0.15, -0.1) is 0 Å². The van der Waals surface area contributed by atoms with Crippen molar-refractivity contribution in [1.82, 2.24) is 0 Å². The van der Waals surface area contributed by atoms with E-state index >= 15 is 0 Å². The average molecular weight is 554 g/mol. The molecule has 122 valence electrons. The zero-order valence-corrected chi connectivity index (χ0v) is 16.8. The molecule has 23 heavy (non-hydrogen) atoms. The molecule has 0 atom stereocenters. The van der Waals surface area contributed by atoms with E-state index in [0.29, 0.717) is 0 Å². The second-order valence-corrected chi connectivity index (χ2v) is 6.66. The van der Waals surface area contributed by atoms with Crippen molar-refractivity contribution < 1.29 is 36.2 Å². The van der Waals surface area contributed by atoms with Gasteiger partial charge >= 0.3 is 27.3 Å². The number of aromatic hydroxyl groups is 2. The predicted octanol–water partition coefficient (Wildman–Crippen LogP) is 0.212. The quantitative estimate of drug-likeness (QED) is 0.395. The number of hydrogen-bond donors (Lipinski definition) is 2. The fraction of sp³-hybridized carbons (Fsp3) is 0. The predicted molar refractivity (Wildman–Crippen MR) is 77.9 cm³/mol. The molecule has 0 saturated carbocycles. The molecular formula is C12H10O8PbS2. The summed E-state index contributed by atoms with van der Waals surface area (Å²) in [5.41, 5.74) is 0. The van der Waals surface area contributed by atoms with Crippen LogP contribution < -0.4 is 0 Å². The van der Waals surface area contributed by atoms with Crippen LogP contribution in [0.15, 0.2) is 58.3 Å². The normalized spacial score (nSPS) is 10.9. The molecule has 0 fully saturated rings. The Labute approximate surface area is 153 Å². The van der Waals surface area contributed by atoms with Gasteiger partial charge < -0.3 is 19.3 Å². The Morgan fingerprint density at radius 1 is 0.609 bits per heavy atom. The van der Waals surface area contributed by atoms with Gasteiger partial charge in [-0.3, -0.25) is 0 Å². The second-order valence-electron chi connectivity index (χ2n) is 3.90. The van der Waals surface area contributed by atoms with E-state index in [-0.39, 0.29) is 48.6 Å². The fourth-order valence-corrected chi connectivity index (χ4v) is 2.16. The molecule has 2 aromatic carbocycles. The van der Waals surface area contributed by atoms with Gasteiger partial charge in [0.1, 0.15) is 31.7 Å². The minimum Gasteiger partial charge on any atom is -0.744 e. The van der Waals surface area contributed by atoms with Crippen LogP contribution in [0.1, 0.15) is 0 Å². The Kier molecular flexibility index (Phi) is 8.13. The minimum absolute atomic E-state index is 0. The van der Waals surface area contributed by atoms with Crippen molar-refractivity contribution in [3.05, 3.63) is 48.5 Å². The van der Waals surface area contributed by atoms with Gasteiger partial charge in [0.25, 0.3) is 0 Å². The van der Waals surface area contributed by atoms with Crippen molar-refractivity contribution >= 4 is 47.5 Å². The fourth-order valence-electron chi connectivity index (χ4n) is 1.23. The van der Waals surface area contributed by atoms with Crippen LogP contribution in [0.4, 0.5) is 0 Å². The van der Waals surface area contributed by atoms with E-state index in [1.54, 1.807) is 0 Å². The average Bonchev–Trinajstić information content (AvgIpc) is 2.38. The molecule has 2 N–H and O–H groups in total. The van der Waals surface area contributed by atoms with Crippen LogP contribution in [-0.2, 0) is 20.2 Å². The van der Waals surface area contributed by atoms with E-state index < -0.39 is 20.2 Å². The molecule has 2 rings (SSSR count). The summed E-state index contributed by atoms with van der Waals surface area (Å²) in [6, 6.07) is 8.79. The number of benzene rings is 2. The molecule has 0 saturated heterocycles. The van der Waals surface area contributed by atoms with Crippen LogP contribution >= 0.6 is 0 Å². The molecule has 0 spiro atoms. The Bertz CT molecular complexity index is 754. The summed E-state index contributed by atoms with van der Waals surface area (Å²) in [4.78, 5) is -0.675. The number of phenolic OH excluding ortho intramolecular Hbond substituents is 2. The van der Waals surface area contributed by atoms with Gasteiger partial charge in [0.05, 0.1) is 9.79 Å². The molecular weight excluding hydrogens is 543 g/mol. The Morgan fingerprint density at radius 2 is 0.826 bits per heavy atom. The Balaban J connectivity index is 0.000000403. The third-order valence-electron chi connectivity index (χ3n) is 2.25. The van der Waals surface area contributed by atoms with Gasteiger partial charge in [-0.2, -0.15) is 0 Å². The zero-order valence-electron chi connectivity index (χ0n) is 11.3. The number of phenols is 2. The van der Waals surface area contributed by atoms with E-state index in [4.69, 9.17) is 10.2 Å². The molecule has 0 aliphatic heterocycles. The second kappa shape index (κ2) is 8.58. The smallest absolute Gasteiger partial charge is 0.744 e. The molecule has 0 bridgehead atoms. The molecule has 0 unspecified atom stereocenters. The first-order valence-electron chi connectivity index (χ1n) is 5.50.